The molecule has 1 heterocycles. The fourth-order valence-electron chi connectivity index (χ4n) is 0.832. The quantitative estimate of drug-likeness (QED) is 0.587. The van der Waals surface area contributed by atoms with Crippen LogP contribution in [0.25, 0.3) is 0 Å². The highest BCUT2D eigenvalue weighted by molar-refractivity contribution is 4.66. The minimum absolute atomic E-state index is 0.252. The molecular weight excluding hydrogens is 148 g/mol. The molecule has 1 rings (SSSR count). The Bertz CT molecular complexity index is 118. The van der Waals surface area contributed by atoms with Crippen molar-refractivity contribution in [2.75, 3.05) is 27.4 Å². The Morgan fingerprint density at radius 1 is 1.45 bits per heavy atom. The summed E-state index contributed by atoms with van der Waals surface area (Å²) >= 11 is 0. The van der Waals surface area contributed by atoms with Crippen LogP contribution in [0.2, 0.25) is 0 Å². The summed E-state index contributed by atoms with van der Waals surface area (Å²) in [4.78, 5) is 0. The zero-order valence-electron chi connectivity index (χ0n) is 7.12. The van der Waals surface area contributed by atoms with Gasteiger partial charge in [-0.15, -0.1) is 0 Å². The molecule has 1 aliphatic heterocycles. The van der Waals surface area contributed by atoms with Gasteiger partial charge in [-0.3, -0.25) is 0 Å². The number of hydrogen-bond donors (Lipinski definition) is 0. The van der Waals surface area contributed by atoms with Crippen molar-refractivity contribution in [2.24, 2.45) is 0 Å². The van der Waals surface area contributed by atoms with Gasteiger partial charge in [0, 0.05) is 14.2 Å². The summed E-state index contributed by atoms with van der Waals surface area (Å²) in [6.45, 7) is 2.65. The van der Waals surface area contributed by atoms with Gasteiger partial charge in [0.1, 0.15) is 13.2 Å². The van der Waals surface area contributed by atoms with Crippen molar-refractivity contribution < 1.29 is 18.9 Å². The third-order valence-corrected chi connectivity index (χ3v) is 1.75. The molecule has 0 bridgehead atoms. The summed E-state index contributed by atoms with van der Waals surface area (Å²) < 4.78 is 20.6. The molecule has 1 aliphatic rings. The first-order valence-corrected chi connectivity index (χ1v) is 3.54. The fourth-order valence-corrected chi connectivity index (χ4v) is 0.832. The molecular formula is C7H14O4. The van der Waals surface area contributed by atoms with Crippen LogP contribution in [0.4, 0.5) is 0 Å². The zero-order chi connectivity index (χ0) is 8.32. The SMILES string of the molecule is COC1COC(C)(OC)CO1. The van der Waals surface area contributed by atoms with E-state index in [0.717, 1.165) is 0 Å². The zero-order valence-corrected chi connectivity index (χ0v) is 7.12. The molecule has 0 spiro atoms. The number of methoxy groups -OCH3 is 2. The highest BCUT2D eigenvalue weighted by Gasteiger charge is 2.32. The van der Waals surface area contributed by atoms with Crippen molar-refractivity contribution in [1.82, 2.24) is 0 Å². The van der Waals surface area contributed by atoms with E-state index in [1.54, 1.807) is 14.2 Å². The Kier molecular flexibility index (Phi) is 2.84. The van der Waals surface area contributed by atoms with Gasteiger partial charge in [0.25, 0.3) is 0 Å². The minimum Gasteiger partial charge on any atom is -0.354 e. The topological polar surface area (TPSA) is 36.9 Å². The first kappa shape index (κ1) is 8.93. The van der Waals surface area contributed by atoms with Crippen molar-refractivity contribution in [1.29, 1.82) is 0 Å². The maximum absolute atomic E-state index is 5.35. The molecule has 0 N–H and O–H groups in total. The van der Waals surface area contributed by atoms with Crippen molar-refractivity contribution in [3.8, 4) is 0 Å². The van der Waals surface area contributed by atoms with E-state index in [1.165, 1.54) is 0 Å². The normalized spacial score (nSPS) is 39.0. The lowest BCUT2D eigenvalue weighted by Gasteiger charge is -2.35. The molecule has 2 atom stereocenters. The van der Waals surface area contributed by atoms with Gasteiger partial charge in [-0.05, 0) is 6.92 Å². The molecule has 0 aromatic rings. The molecule has 0 amide bonds. The maximum atomic E-state index is 5.35. The predicted molar refractivity (Wildman–Crippen MR) is 38.1 cm³/mol. The first-order valence-electron chi connectivity index (χ1n) is 3.54. The van der Waals surface area contributed by atoms with Crippen molar-refractivity contribution >= 4 is 0 Å². The first-order chi connectivity index (χ1) is 5.20. The van der Waals surface area contributed by atoms with Gasteiger partial charge in [0.05, 0.1) is 0 Å². The third kappa shape index (κ3) is 2.13. The van der Waals surface area contributed by atoms with Crippen LogP contribution >= 0.6 is 0 Å². The van der Waals surface area contributed by atoms with E-state index in [4.69, 9.17) is 18.9 Å². The van der Waals surface area contributed by atoms with Gasteiger partial charge in [-0.25, -0.2) is 0 Å². The van der Waals surface area contributed by atoms with Crippen LogP contribution < -0.4 is 0 Å². The minimum atomic E-state index is -0.602. The summed E-state index contributed by atoms with van der Waals surface area (Å²) in [5, 5.41) is 0. The predicted octanol–water partition coefficient (Wildman–Crippen LogP) is 0.368. The van der Waals surface area contributed by atoms with Crippen molar-refractivity contribution in [2.45, 2.75) is 19.0 Å². The Labute approximate surface area is 66.4 Å². The lowest BCUT2D eigenvalue weighted by atomic mass is 10.3. The lowest BCUT2D eigenvalue weighted by molar-refractivity contribution is -0.326. The maximum Gasteiger partial charge on any atom is 0.188 e. The number of ether oxygens (including phenoxy) is 4. The molecule has 1 fully saturated rings. The molecule has 0 aromatic carbocycles. The van der Waals surface area contributed by atoms with Crippen LogP contribution in [0.5, 0.6) is 0 Å². The smallest absolute Gasteiger partial charge is 0.188 e. The molecule has 1 saturated heterocycles. The van der Waals surface area contributed by atoms with Crippen molar-refractivity contribution in [3.63, 3.8) is 0 Å². The summed E-state index contributed by atoms with van der Waals surface area (Å²) in [5.41, 5.74) is 0. The Balaban J connectivity index is 2.35. The average molecular weight is 162 g/mol. The Morgan fingerprint density at radius 2 is 2.18 bits per heavy atom. The Hall–Kier alpha value is -0.160. The standard InChI is InChI=1S/C7H14O4/c1-7(9-3)5-10-6(8-2)4-11-7/h6H,4-5H2,1-3H3. The highest BCUT2D eigenvalue weighted by atomic mass is 16.8. The second kappa shape index (κ2) is 3.49. The largest absolute Gasteiger partial charge is 0.354 e. The van der Waals surface area contributed by atoms with Gasteiger partial charge in [0.15, 0.2) is 12.1 Å². The van der Waals surface area contributed by atoms with E-state index < -0.39 is 5.79 Å². The van der Waals surface area contributed by atoms with E-state index in [9.17, 15) is 0 Å². The summed E-state index contributed by atoms with van der Waals surface area (Å²) in [7, 11) is 3.18. The van der Waals surface area contributed by atoms with E-state index >= 15 is 0 Å². The van der Waals surface area contributed by atoms with Crippen LogP contribution in [0.3, 0.4) is 0 Å². The van der Waals surface area contributed by atoms with Crippen molar-refractivity contribution in [3.05, 3.63) is 0 Å². The van der Waals surface area contributed by atoms with Gasteiger partial charge >= 0.3 is 0 Å². The van der Waals surface area contributed by atoms with Crippen LogP contribution in [0.1, 0.15) is 6.92 Å². The van der Waals surface area contributed by atoms with Crippen LogP contribution in [0.15, 0.2) is 0 Å². The number of rotatable bonds is 2. The summed E-state index contributed by atoms with van der Waals surface area (Å²) in [6.07, 6.45) is -0.252. The van der Waals surface area contributed by atoms with E-state index in [-0.39, 0.29) is 6.29 Å². The van der Waals surface area contributed by atoms with E-state index in [1.807, 2.05) is 6.92 Å². The number of hydrogen-bond acceptors (Lipinski definition) is 4. The molecule has 4 nitrogen and oxygen atoms in total. The van der Waals surface area contributed by atoms with E-state index in [2.05, 4.69) is 0 Å². The van der Waals surface area contributed by atoms with Gasteiger partial charge in [-0.2, -0.15) is 0 Å². The van der Waals surface area contributed by atoms with Gasteiger partial charge in [0.2, 0.25) is 0 Å². The molecule has 4 heteroatoms. The molecule has 0 aromatic heterocycles. The summed E-state index contributed by atoms with van der Waals surface area (Å²) in [5.74, 6) is -0.602. The second-order valence-corrected chi connectivity index (χ2v) is 2.63. The molecule has 66 valence electrons. The summed E-state index contributed by atoms with van der Waals surface area (Å²) in [6, 6.07) is 0. The average Bonchev–Trinajstić information content (AvgIpc) is 2.06. The lowest BCUT2D eigenvalue weighted by Crippen LogP contribution is -2.46. The van der Waals surface area contributed by atoms with E-state index in [0.29, 0.717) is 13.2 Å². The van der Waals surface area contributed by atoms with Crippen LogP contribution in [-0.4, -0.2) is 39.5 Å². The van der Waals surface area contributed by atoms with Gasteiger partial charge in [-0.1, -0.05) is 0 Å². The Morgan fingerprint density at radius 3 is 2.55 bits per heavy atom. The fraction of sp³-hybridized carbons (Fsp3) is 1.00. The molecule has 0 saturated carbocycles. The monoisotopic (exact) mass is 162 g/mol. The molecule has 11 heavy (non-hydrogen) atoms. The highest BCUT2D eigenvalue weighted by Crippen LogP contribution is 2.18. The van der Waals surface area contributed by atoms with Crippen LogP contribution in [0, 0.1) is 0 Å². The van der Waals surface area contributed by atoms with Crippen LogP contribution in [-0.2, 0) is 18.9 Å². The van der Waals surface area contributed by atoms with Gasteiger partial charge < -0.3 is 18.9 Å². The molecule has 2 unspecified atom stereocenters. The second-order valence-electron chi connectivity index (χ2n) is 2.63. The third-order valence-electron chi connectivity index (χ3n) is 1.75. The molecule has 0 radical (unpaired) electrons. The molecule has 0 aliphatic carbocycles.